The number of hydrogen-bond acceptors (Lipinski definition) is 2. The first kappa shape index (κ1) is 17.6. The molecule has 0 aliphatic rings. The van der Waals surface area contributed by atoms with E-state index in [1.807, 2.05) is 10.8 Å². The molecule has 1 aromatic heterocycles. The van der Waals surface area contributed by atoms with Gasteiger partial charge in [0.2, 0.25) is 0 Å². The second-order valence-corrected chi connectivity index (χ2v) is 7.76. The summed E-state index contributed by atoms with van der Waals surface area (Å²) >= 11 is 32.1. The Morgan fingerprint density at radius 1 is 1.05 bits per heavy atom. The molecule has 0 amide bonds. The first-order valence-corrected chi connectivity index (χ1v) is 8.82. The van der Waals surface area contributed by atoms with Gasteiger partial charge in [-0.3, -0.25) is 0 Å². The second kappa shape index (κ2) is 7.67. The topological polar surface area (TPSA) is 17.8 Å². The fourth-order valence-corrected chi connectivity index (χ4v) is 4.25. The van der Waals surface area contributed by atoms with Crippen LogP contribution in [0.25, 0.3) is 0 Å². The lowest BCUT2D eigenvalue weighted by Gasteiger charge is -2.16. The molecule has 8 heteroatoms. The standard InChI is InChI=1S/C13H11Cl5N2S/c1-7(2-4-20-5-3-19-6-20)21-13-11(17)9(15)8(14)10(16)12(13)18/h3,5-7H,2,4H2,1H3. The third-order valence-electron chi connectivity index (χ3n) is 2.84. The lowest BCUT2D eigenvalue weighted by atomic mass is 10.3. The van der Waals surface area contributed by atoms with E-state index in [0.29, 0.717) is 14.9 Å². The highest BCUT2D eigenvalue weighted by molar-refractivity contribution is 8.00. The Labute approximate surface area is 152 Å². The van der Waals surface area contributed by atoms with Gasteiger partial charge in [-0.1, -0.05) is 64.9 Å². The van der Waals surface area contributed by atoms with E-state index in [4.69, 9.17) is 58.0 Å². The maximum Gasteiger partial charge on any atom is 0.0945 e. The Balaban J connectivity index is 2.12. The Bertz CT molecular complexity index is 601. The number of thioether (sulfide) groups is 1. The number of hydrogen-bond donors (Lipinski definition) is 0. The van der Waals surface area contributed by atoms with Gasteiger partial charge in [-0.05, 0) is 6.42 Å². The summed E-state index contributed by atoms with van der Waals surface area (Å²) in [6.07, 6.45) is 6.39. The molecular formula is C13H11Cl5N2S. The largest absolute Gasteiger partial charge is 0.337 e. The fraction of sp³-hybridized carbons (Fsp3) is 0.308. The molecule has 1 unspecified atom stereocenters. The Kier molecular flexibility index (Phi) is 6.42. The summed E-state index contributed by atoms with van der Waals surface area (Å²) in [5.74, 6) is 0. The molecule has 2 nitrogen and oxygen atoms in total. The van der Waals surface area contributed by atoms with Crippen molar-refractivity contribution in [1.82, 2.24) is 9.55 Å². The summed E-state index contributed by atoms with van der Waals surface area (Å²) in [6.45, 7) is 2.95. The second-order valence-electron chi connectivity index (χ2n) is 4.42. The molecule has 0 saturated heterocycles. The molecule has 21 heavy (non-hydrogen) atoms. The van der Waals surface area contributed by atoms with E-state index in [1.165, 1.54) is 11.8 Å². The summed E-state index contributed by atoms with van der Waals surface area (Å²) < 4.78 is 2.02. The lowest BCUT2D eigenvalue weighted by molar-refractivity contribution is 0.639. The minimum atomic E-state index is 0.184. The van der Waals surface area contributed by atoms with Gasteiger partial charge in [-0.15, -0.1) is 11.8 Å². The highest BCUT2D eigenvalue weighted by atomic mass is 35.5. The normalized spacial score (nSPS) is 12.7. The number of aryl methyl sites for hydroxylation is 1. The Hall–Kier alpha value is 0.230. The quantitative estimate of drug-likeness (QED) is 0.313. The molecule has 114 valence electrons. The van der Waals surface area contributed by atoms with Crippen LogP contribution in [0.3, 0.4) is 0 Å². The van der Waals surface area contributed by atoms with E-state index in [9.17, 15) is 0 Å². The third-order valence-corrected chi connectivity index (χ3v) is 6.62. The maximum atomic E-state index is 6.22. The molecule has 0 saturated carbocycles. The molecular weight excluding hydrogens is 393 g/mol. The van der Waals surface area contributed by atoms with Crippen LogP contribution in [0, 0.1) is 0 Å². The van der Waals surface area contributed by atoms with Crippen molar-refractivity contribution in [2.24, 2.45) is 0 Å². The molecule has 0 radical (unpaired) electrons. The Morgan fingerprint density at radius 2 is 1.62 bits per heavy atom. The van der Waals surface area contributed by atoms with E-state index in [0.717, 1.165) is 13.0 Å². The molecule has 0 aliphatic heterocycles. The zero-order valence-corrected chi connectivity index (χ0v) is 15.5. The number of rotatable bonds is 5. The van der Waals surface area contributed by atoms with Crippen molar-refractivity contribution in [1.29, 1.82) is 0 Å². The summed E-state index contributed by atoms with van der Waals surface area (Å²) in [5, 5.41) is 1.61. The zero-order chi connectivity index (χ0) is 15.6. The first-order valence-electron chi connectivity index (χ1n) is 6.05. The molecule has 0 spiro atoms. The number of benzene rings is 1. The molecule has 1 atom stereocenters. The highest BCUT2D eigenvalue weighted by Crippen LogP contribution is 2.48. The minimum absolute atomic E-state index is 0.184. The van der Waals surface area contributed by atoms with Crippen molar-refractivity contribution in [3.05, 3.63) is 43.8 Å². The van der Waals surface area contributed by atoms with Crippen LogP contribution < -0.4 is 0 Å². The van der Waals surface area contributed by atoms with E-state index in [-0.39, 0.29) is 20.3 Å². The molecule has 1 aromatic carbocycles. The predicted molar refractivity (Wildman–Crippen MR) is 93.7 cm³/mol. The molecule has 0 N–H and O–H groups in total. The monoisotopic (exact) mass is 402 g/mol. The Morgan fingerprint density at radius 3 is 2.14 bits per heavy atom. The SMILES string of the molecule is CC(CCn1ccnc1)Sc1c(Cl)c(Cl)c(Cl)c(Cl)c1Cl. The number of nitrogens with zero attached hydrogens (tertiary/aromatic N) is 2. The lowest BCUT2D eigenvalue weighted by Crippen LogP contribution is -2.03. The van der Waals surface area contributed by atoms with Gasteiger partial charge in [-0.25, -0.2) is 4.98 Å². The van der Waals surface area contributed by atoms with Crippen LogP contribution in [0.4, 0.5) is 0 Å². The van der Waals surface area contributed by atoms with Crippen molar-refractivity contribution in [2.45, 2.75) is 30.0 Å². The number of imidazole rings is 1. The van der Waals surface area contributed by atoms with Crippen molar-refractivity contribution >= 4 is 69.8 Å². The number of aromatic nitrogens is 2. The van der Waals surface area contributed by atoms with Crippen LogP contribution >= 0.6 is 69.8 Å². The van der Waals surface area contributed by atoms with Crippen LogP contribution in [0.2, 0.25) is 25.1 Å². The molecule has 2 rings (SSSR count). The molecule has 2 aromatic rings. The summed E-state index contributed by atoms with van der Waals surface area (Å²) in [6, 6.07) is 0. The average Bonchev–Trinajstić information content (AvgIpc) is 2.99. The van der Waals surface area contributed by atoms with Gasteiger partial charge >= 0.3 is 0 Å². The van der Waals surface area contributed by atoms with Gasteiger partial charge < -0.3 is 4.57 Å². The van der Waals surface area contributed by atoms with Crippen LogP contribution in [0.15, 0.2) is 23.6 Å². The molecule has 0 bridgehead atoms. The third kappa shape index (κ3) is 4.15. The van der Waals surface area contributed by atoms with Gasteiger partial charge in [0.1, 0.15) is 0 Å². The summed E-state index contributed by atoms with van der Waals surface area (Å²) in [7, 11) is 0. The van der Waals surface area contributed by atoms with E-state index >= 15 is 0 Å². The average molecular weight is 405 g/mol. The minimum Gasteiger partial charge on any atom is -0.337 e. The highest BCUT2D eigenvalue weighted by Gasteiger charge is 2.21. The first-order chi connectivity index (χ1) is 9.91. The van der Waals surface area contributed by atoms with Gasteiger partial charge in [0.15, 0.2) is 0 Å². The van der Waals surface area contributed by atoms with Gasteiger partial charge in [0.25, 0.3) is 0 Å². The van der Waals surface area contributed by atoms with Crippen LogP contribution in [-0.4, -0.2) is 14.8 Å². The summed E-state index contributed by atoms with van der Waals surface area (Å²) in [4.78, 5) is 4.67. The van der Waals surface area contributed by atoms with E-state index in [2.05, 4.69) is 11.9 Å². The smallest absolute Gasteiger partial charge is 0.0945 e. The van der Waals surface area contributed by atoms with Gasteiger partial charge in [0.05, 0.1) is 31.4 Å². The fourth-order valence-electron chi connectivity index (χ4n) is 1.70. The zero-order valence-electron chi connectivity index (χ0n) is 10.9. The molecule has 0 fully saturated rings. The van der Waals surface area contributed by atoms with Crippen molar-refractivity contribution < 1.29 is 0 Å². The predicted octanol–water partition coefficient (Wildman–Crippen LogP) is 6.72. The van der Waals surface area contributed by atoms with Gasteiger partial charge in [0, 0.05) is 29.1 Å². The van der Waals surface area contributed by atoms with Crippen LogP contribution in [0.1, 0.15) is 13.3 Å². The molecule has 1 heterocycles. The van der Waals surface area contributed by atoms with Crippen LogP contribution in [0.5, 0.6) is 0 Å². The van der Waals surface area contributed by atoms with Crippen molar-refractivity contribution in [2.75, 3.05) is 0 Å². The van der Waals surface area contributed by atoms with Crippen molar-refractivity contribution in [3.8, 4) is 0 Å². The summed E-state index contributed by atoms with van der Waals surface area (Å²) in [5.41, 5.74) is 0. The van der Waals surface area contributed by atoms with Gasteiger partial charge in [-0.2, -0.15) is 0 Å². The molecule has 0 aliphatic carbocycles. The van der Waals surface area contributed by atoms with Crippen molar-refractivity contribution in [3.63, 3.8) is 0 Å². The number of halogens is 5. The van der Waals surface area contributed by atoms with Crippen LogP contribution in [-0.2, 0) is 6.54 Å². The maximum absolute atomic E-state index is 6.22. The van der Waals surface area contributed by atoms with E-state index in [1.54, 1.807) is 12.5 Å². The van der Waals surface area contributed by atoms with E-state index < -0.39 is 0 Å².